The Morgan fingerprint density at radius 3 is 2.33 bits per heavy atom. The smallest absolute Gasteiger partial charge is 0.416 e. The van der Waals surface area contributed by atoms with Crippen molar-refractivity contribution in [2.24, 2.45) is 5.41 Å². The number of anilines is 1. The molecule has 0 amide bonds. The summed E-state index contributed by atoms with van der Waals surface area (Å²) in [5.74, 6) is -1.90. The van der Waals surface area contributed by atoms with Gasteiger partial charge in [0, 0.05) is 6.42 Å². The van der Waals surface area contributed by atoms with Crippen molar-refractivity contribution >= 4 is 27.6 Å². The topological polar surface area (TPSA) is 130 Å². The maximum atomic E-state index is 13.7. The first-order valence-electron chi connectivity index (χ1n) is 11.9. The van der Waals surface area contributed by atoms with E-state index in [2.05, 4.69) is 0 Å². The molecule has 1 aliphatic heterocycles. The Hall–Kier alpha value is -3.32. The lowest BCUT2D eigenvalue weighted by atomic mass is 9.85. The van der Waals surface area contributed by atoms with Crippen LogP contribution in [-0.4, -0.2) is 55.4 Å². The second-order valence-electron chi connectivity index (χ2n) is 10.6. The number of rotatable bonds is 8. The highest BCUT2D eigenvalue weighted by molar-refractivity contribution is 7.92. The second kappa shape index (κ2) is 10.7. The van der Waals surface area contributed by atoms with E-state index in [0.717, 1.165) is 22.5 Å². The summed E-state index contributed by atoms with van der Waals surface area (Å²) < 4.78 is 79.5. The number of carboxylic acid groups (broad SMARTS) is 1. The van der Waals surface area contributed by atoms with E-state index in [1.54, 1.807) is 20.8 Å². The Bertz CT molecular complexity index is 1350. The highest BCUT2D eigenvalue weighted by Crippen LogP contribution is 2.41. The van der Waals surface area contributed by atoms with Gasteiger partial charge in [-0.25, -0.2) is 8.42 Å². The molecule has 214 valence electrons. The Labute approximate surface area is 224 Å². The van der Waals surface area contributed by atoms with Crippen LogP contribution in [0.4, 0.5) is 18.9 Å². The van der Waals surface area contributed by atoms with E-state index >= 15 is 0 Å². The van der Waals surface area contributed by atoms with Gasteiger partial charge >= 0.3 is 18.1 Å². The lowest BCUT2D eigenvalue weighted by Crippen LogP contribution is -2.47. The van der Waals surface area contributed by atoms with Gasteiger partial charge in [-0.3, -0.25) is 13.9 Å². The van der Waals surface area contributed by atoms with Gasteiger partial charge in [0.25, 0.3) is 10.0 Å². The SMILES string of the molecule is CC(C)(C)OC(=O)Cc1ccc2c(c1)N(S(=O)(=O)c1cccc(C(F)(F)F)c1)C[C@H](C[C@@](C)(CO)C(=O)O)O2. The first-order chi connectivity index (χ1) is 17.9. The maximum Gasteiger partial charge on any atom is 0.416 e. The van der Waals surface area contributed by atoms with E-state index in [-0.39, 0.29) is 24.3 Å². The molecule has 2 aromatic carbocycles. The van der Waals surface area contributed by atoms with Gasteiger partial charge < -0.3 is 19.7 Å². The third-order valence-corrected chi connectivity index (χ3v) is 7.79. The number of esters is 1. The normalized spacial score (nSPS) is 17.5. The van der Waals surface area contributed by atoms with Crippen molar-refractivity contribution in [2.75, 3.05) is 17.5 Å². The molecular weight excluding hydrogens is 543 g/mol. The number of aliphatic hydroxyl groups excluding tert-OH is 1. The summed E-state index contributed by atoms with van der Waals surface area (Å²) in [7, 11) is -4.62. The number of hydrogen-bond acceptors (Lipinski definition) is 7. The molecule has 0 aromatic heterocycles. The van der Waals surface area contributed by atoms with Crippen LogP contribution in [0.5, 0.6) is 5.75 Å². The molecule has 0 spiro atoms. The molecule has 0 saturated heterocycles. The molecule has 0 fully saturated rings. The summed E-state index contributed by atoms with van der Waals surface area (Å²) in [4.78, 5) is 23.5. The van der Waals surface area contributed by atoms with Gasteiger partial charge in [0.1, 0.15) is 17.5 Å². The number of ether oxygens (including phenoxy) is 2. The third-order valence-electron chi connectivity index (χ3n) is 6.02. The number of alkyl halides is 3. The molecule has 2 aromatic rings. The number of benzene rings is 2. The number of hydrogen-bond donors (Lipinski definition) is 2. The van der Waals surface area contributed by atoms with Crippen molar-refractivity contribution in [1.82, 2.24) is 0 Å². The van der Waals surface area contributed by atoms with Crippen molar-refractivity contribution in [3.8, 4) is 5.75 Å². The fraction of sp³-hybridized carbons (Fsp3) is 0.462. The average molecular weight is 574 g/mol. The van der Waals surface area contributed by atoms with Gasteiger partial charge in [-0.15, -0.1) is 0 Å². The summed E-state index contributed by atoms with van der Waals surface area (Å²) in [5.41, 5.74) is -3.27. The van der Waals surface area contributed by atoms with Crippen LogP contribution in [0.25, 0.3) is 0 Å². The first kappa shape index (κ1) is 30.2. The molecule has 39 heavy (non-hydrogen) atoms. The minimum atomic E-state index is -4.79. The zero-order chi connectivity index (χ0) is 29.4. The average Bonchev–Trinajstić information content (AvgIpc) is 2.81. The van der Waals surface area contributed by atoms with E-state index in [1.807, 2.05) is 0 Å². The molecule has 0 aliphatic carbocycles. The molecule has 0 unspecified atom stereocenters. The standard InChI is InChI=1S/C26H30F3NO8S/c1-24(2,3)38-22(32)11-16-8-9-21-20(10-16)30(14-18(37-21)13-25(4,15-31)23(33)34)39(35,36)19-7-5-6-17(12-19)26(27,28)29/h5-10,12,18,31H,11,13-15H2,1-4H3,(H,33,34)/t18-,25-/m0/s1. The summed E-state index contributed by atoms with van der Waals surface area (Å²) in [6, 6.07) is 7.51. The molecule has 0 bridgehead atoms. The number of sulfonamides is 1. The van der Waals surface area contributed by atoms with Crippen molar-refractivity contribution in [3.63, 3.8) is 0 Å². The highest BCUT2D eigenvalue weighted by atomic mass is 32.2. The van der Waals surface area contributed by atoms with Gasteiger partial charge in [0.05, 0.1) is 41.1 Å². The number of aliphatic hydroxyl groups is 1. The van der Waals surface area contributed by atoms with Crippen LogP contribution >= 0.6 is 0 Å². The first-order valence-corrected chi connectivity index (χ1v) is 13.4. The van der Waals surface area contributed by atoms with Crippen LogP contribution in [0.15, 0.2) is 47.4 Å². The van der Waals surface area contributed by atoms with E-state index in [0.29, 0.717) is 11.6 Å². The van der Waals surface area contributed by atoms with Crippen LogP contribution < -0.4 is 9.04 Å². The van der Waals surface area contributed by atoms with Crippen LogP contribution in [0.2, 0.25) is 0 Å². The Morgan fingerprint density at radius 1 is 1.10 bits per heavy atom. The number of fused-ring (bicyclic) bond motifs is 1. The van der Waals surface area contributed by atoms with Crippen LogP contribution in [0, 0.1) is 5.41 Å². The molecule has 1 heterocycles. The molecule has 1 aliphatic rings. The fourth-order valence-electron chi connectivity index (χ4n) is 4.03. The Balaban J connectivity index is 2.08. The Morgan fingerprint density at radius 2 is 1.77 bits per heavy atom. The number of carboxylic acids is 1. The number of carbonyl (C=O) groups is 2. The van der Waals surface area contributed by atoms with Gasteiger partial charge in [0.15, 0.2) is 0 Å². The van der Waals surface area contributed by atoms with E-state index < -0.39 is 68.9 Å². The molecule has 0 radical (unpaired) electrons. The quantitative estimate of drug-likeness (QED) is 0.453. The van der Waals surface area contributed by atoms with Crippen molar-refractivity contribution in [3.05, 3.63) is 53.6 Å². The monoisotopic (exact) mass is 573 g/mol. The van der Waals surface area contributed by atoms with E-state index in [4.69, 9.17) is 9.47 Å². The minimum Gasteiger partial charge on any atom is -0.486 e. The van der Waals surface area contributed by atoms with Crippen molar-refractivity contribution < 1.29 is 50.9 Å². The summed E-state index contributed by atoms with van der Waals surface area (Å²) in [5, 5.41) is 19.2. The molecule has 13 heteroatoms. The molecule has 2 atom stereocenters. The second-order valence-corrected chi connectivity index (χ2v) is 12.5. The van der Waals surface area contributed by atoms with Gasteiger partial charge in [-0.05, 0) is 63.6 Å². The van der Waals surface area contributed by atoms with Crippen molar-refractivity contribution in [2.45, 2.75) is 63.3 Å². The maximum absolute atomic E-state index is 13.7. The highest BCUT2D eigenvalue weighted by Gasteiger charge is 2.42. The van der Waals surface area contributed by atoms with E-state index in [9.17, 15) is 41.4 Å². The predicted molar refractivity (Wildman–Crippen MR) is 134 cm³/mol. The number of aliphatic carboxylic acids is 1. The van der Waals surface area contributed by atoms with Gasteiger partial charge in [-0.2, -0.15) is 13.2 Å². The van der Waals surface area contributed by atoms with Crippen LogP contribution in [0.1, 0.15) is 45.2 Å². The lowest BCUT2D eigenvalue weighted by Gasteiger charge is -2.38. The van der Waals surface area contributed by atoms with Gasteiger partial charge in [-0.1, -0.05) is 12.1 Å². The zero-order valence-electron chi connectivity index (χ0n) is 21.8. The molecular formula is C26H30F3NO8S. The summed E-state index contributed by atoms with van der Waals surface area (Å²) >= 11 is 0. The van der Waals surface area contributed by atoms with Crippen LogP contribution in [0.3, 0.4) is 0 Å². The number of nitrogens with zero attached hydrogens (tertiary/aromatic N) is 1. The molecule has 9 nitrogen and oxygen atoms in total. The Kier molecular flexibility index (Phi) is 8.28. The number of halogens is 3. The predicted octanol–water partition coefficient (Wildman–Crippen LogP) is 4.02. The molecule has 2 N–H and O–H groups in total. The fourth-order valence-corrected chi connectivity index (χ4v) is 5.57. The third kappa shape index (κ3) is 7.01. The summed E-state index contributed by atoms with van der Waals surface area (Å²) in [6.45, 7) is 5.11. The molecule has 3 rings (SSSR count). The molecule has 0 saturated carbocycles. The largest absolute Gasteiger partial charge is 0.486 e. The van der Waals surface area contributed by atoms with Crippen molar-refractivity contribution in [1.29, 1.82) is 0 Å². The minimum absolute atomic E-state index is 0.0143. The summed E-state index contributed by atoms with van der Waals surface area (Å²) in [6.07, 6.45) is -6.37. The van der Waals surface area contributed by atoms with E-state index in [1.165, 1.54) is 25.1 Å². The lowest BCUT2D eigenvalue weighted by molar-refractivity contribution is -0.154. The zero-order valence-corrected chi connectivity index (χ0v) is 22.6. The van der Waals surface area contributed by atoms with Gasteiger partial charge in [0.2, 0.25) is 0 Å². The number of carbonyl (C=O) groups excluding carboxylic acids is 1. The van der Waals surface area contributed by atoms with Crippen LogP contribution in [-0.2, 0) is 36.9 Å².